The van der Waals surface area contributed by atoms with Crippen LogP contribution in [-0.2, 0) is 11.2 Å². The van der Waals surface area contributed by atoms with Gasteiger partial charge in [-0.25, -0.2) is 0 Å². The minimum Gasteiger partial charge on any atom is -0.343 e. The zero-order chi connectivity index (χ0) is 17.9. The molecule has 2 fully saturated rings. The molecule has 1 aromatic carbocycles. The molecule has 1 aromatic heterocycles. The molecule has 4 unspecified atom stereocenters. The Labute approximate surface area is 153 Å². The first kappa shape index (κ1) is 17.2. The summed E-state index contributed by atoms with van der Waals surface area (Å²) in [7, 11) is 0. The molecule has 0 radical (unpaired) electrons. The van der Waals surface area contributed by atoms with E-state index >= 15 is 0 Å². The van der Waals surface area contributed by atoms with E-state index in [2.05, 4.69) is 20.8 Å². The minimum atomic E-state index is -0.288. The highest BCUT2D eigenvalue weighted by Gasteiger charge is 2.38. The molecule has 4 rings (SSSR count). The average Bonchev–Trinajstić information content (AvgIpc) is 3.29. The fourth-order valence-electron chi connectivity index (χ4n) is 4.19. The first-order valence-corrected chi connectivity index (χ1v) is 9.62. The molecule has 6 heteroatoms. The van der Waals surface area contributed by atoms with E-state index in [0.717, 1.165) is 12.0 Å². The van der Waals surface area contributed by atoms with Crippen molar-refractivity contribution in [3.05, 3.63) is 47.6 Å². The zero-order valence-electron chi connectivity index (χ0n) is 15.1. The van der Waals surface area contributed by atoms with E-state index in [1.54, 1.807) is 0 Å². The predicted molar refractivity (Wildman–Crippen MR) is 97.4 cm³/mol. The monoisotopic (exact) mass is 354 g/mol. The SMILES string of the molecule is CC(NC(=O)C1CC2CCCCC2N1)c1nc(Cc2ccccc2)no1. The Morgan fingerprint density at radius 2 is 2.12 bits per heavy atom. The maximum absolute atomic E-state index is 12.6. The minimum absolute atomic E-state index is 0.0368. The second-order valence-corrected chi connectivity index (χ2v) is 7.55. The Morgan fingerprint density at radius 1 is 1.31 bits per heavy atom. The number of hydrogen-bond acceptors (Lipinski definition) is 5. The molecule has 1 saturated heterocycles. The van der Waals surface area contributed by atoms with Gasteiger partial charge in [0.2, 0.25) is 11.8 Å². The van der Waals surface area contributed by atoms with Crippen molar-refractivity contribution in [3.8, 4) is 0 Å². The van der Waals surface area contributed by atoms with E-state index in [4.69, 9.17) is 4.52 Å². The smallest absolute Gasteiger partial charge is 0.248 e. The van der Waals surface area contributed by atoms with Gasteiger partial charge in [-0.05, 0) is 37.7 Å². The van der Waals surface area contributed by atoms with Crippen molar-refractivity contribution in [2.24, 2.45) is 5.92 Å². The van der Waals surface area contributed by atoms with Gasteiger partial charge in [-0.1, -0.05) is 48.3 Å². The molecule has 1 aliphatic heterocycles. The maximum atomic E-state index is 12.6. The number of rotatable bonds is 5. The summed E-state index contributed by atoms with van der Waals surface area (Å²) >= 11 is 0. The van der Waals surface area contributed by atoms with Gasteiger partial charge >= 0.3 is 0 Å². The number of carbonyl (C=O) groups is 1. The van der Waals surface area contributed by atoms with Gasteiger partial charge in [0, 0.05) is 12.5 Å². The molecular weight excluding hydrogens is 328 g/mol. The zero-order valence-corrected chi connectivity index (χ0v) is 15.1. The number of nitrogens with zero attached hydrogens (tertiary/aromatic N) is 2. The number of aromatic nitrogens is 2. The topological polar surface area (TPSA) is 80.0 Å². The summed E-state index contributed by atoms with van der Waals surface area (Å²) in [5, 5.41) is 10.6. The summed E-state index contributed by atoms with van der Waals surface area (Å²) in [5.74, 6) is 1.78. The fraction of sp³-hybridized carbons (Fsp3) is 0.550. The van der Waals surface area contributed by atoms with E-state index in [0.29, 0.717) is 30.1 Å². The van der Waals surface area contributed by atoms with Crippen molar-refractivity contribution in [1.82, 2.24) is 20.8 Å². The van der Waals surface area contributed by atoms with Crippen molar-refractivity contribution in [2.75, 3.05) is 0 Å². The second-order valence-electron chi connectivity index (χ2n) is 7.55. The van der Waals surface area contributed by atoms with Crippen molar-refractivity contribution in [1.29, 1.82) is 0 Å². The third-order valence-electron chi connectivity index (χ3n) is 5.60. The number of amides is 1. The molecule has 138 valence electrons. The van der Waals surface area contributed by atoms with Gasteiger partial charge in [0.05, 0.1) is 6.04 Å². The van der Waals surface area contributed by atoms with Gasteiger partial charge in [-0.15, -0.1) is 0 Å². The van der Waals surface area contributed by atoms with E-state index in [1.807, 2.05) is 37.3 Å². The van der Waals surface area contributed by atoms with Gasteiger partial charge in [-0.2, -0.15) is 4.98 Å². The third kappa shape index (κ3) is 3.80. The van der Waals surface area contributed by atoms with Crippen LogP contribution in [0.15, 0.2) is 34.9 Å². The van der Waals surface area contributed by atoms with Crippen LogP contribution in [0.3, 0.4) is 0 Å². The molecule has 1 aliphatic carbocycles. The molecule has 2 heterocycles. The van der Waals surface area contributed by atoms with E-state index in [-0.39, 0.29) is 18.0 Å². The lowest BCUT2D eigenvalue weighted by Gasteiger charge is -2.24. The summed E-state index contributed by atoms with van der Waals surface area (Å²) in [4.78, 5) is 17.1. The first-order chi connectivity index (χ1) is 12.7. The lowest BCUT2D eigenvalue weighted by molar-refractivity contribution is -0.123. The number of hydrogen-bond donors (Lipinski definition) is 2. The van der Waals surface area contributed by atoms with Crippen LogP contribution in [0, 0.1) is 5.92 Å². The van der Waals surface area contributed by atoms with Crippen LogP contribution in [0.2, 0.25) is 0 Å². The largest absolute Gasteiger partial charge is 0.343 e. The van der Waals surface area contributed by atoms with Crippen LogP contribution in [-0.4, -0.2) is 28.1 Å². The fourth-order valence-corrected chi connectivity index (χ4v) is 4.19. The Hall–Kier alpha value is -2.21. The van der Waals surface area contributed by atoms with Gasteiger partial charge in [0.1, 0.15) is 6.04 Å². The van der Waals surface area contributed by atoms with E-state index in [1.165, 1.54) is 25.7 Å². The summed E-state index contributed by atoms with van der Waals surface area (Å²) in [5.41, 5.74) is 1.13. The average molecular weight is 354 g/mol. The highest BCUT2D eigenvalue weighted by atomic mass is 16.5. The van der Waals surface area contributed by atoms with Gasteiger partial charge < -0.3 is 15.2 Å². The van der Waals surface area contributed by atoms with Crippen LogP contribution < -0.4 is 10.6 Å². The second kappa shape index (κ2) is 7.58. The Morgan fingerprint density at radius 3 is 2.92 bits per heavy atom. The molecule has 4 atom stereocenters. The van der Waals surface area contributed by atoms with E-state index in [9.17, 15) is 4.79 Å². The first-order valence-electron chi connectivity index (χ1n) is 9.62. The number of fused-ring (bicyclic) bond motifs is 1. The predicted octanol–water partition coefficient (Wildman–Crippen LogP) is 2.76. The van der Waals surface area contributed by atoms with Crippen molar-refractivity contribution in [3.63, 3.8) is 0 Å². The van der Waals surface area contributed by atoms with E-state index < -0.39 is 0 Å². The Balaban J connectivity index is 1.33. The lowest BCUT2D eigenvalue weighted by atomic mass is 9.85. The van der Waals surface area contributed by atoms with Crippen LogP contribution in [0.4, 0.5) is 0 Å². The van der Waals surface area contributed by atoms with Gasteiger partial charge in [0.25, 0.3) is 0 Å². The normalized spacial score (nSPS) is 26.3. The molecule has 1 amide bonds. The molecular formula is C20H26N4O2. The van der Waals surface area contributed by atoms with Crippen LogP contribution in [0.25, 0.3) is 0 Å². The van der Waals surface area contributed by atoms with Gasteiger partial charge in [-0.3, -0.25) is 4.79 Å². The molecule has 26 heavy (non-hydrogen) atoms. The van der Waals surface area contributed by atoms with Crippen molar-refractivity contribution in [2.45, 2.75) is 63.6 Å². The highest BCUT2D eigenvalue weighted by Crippen LogP contribution is 2.33. The van der Waals surface area contributed by atoms with Crippen molar-refractivity contribution >= 4 is 5.91 Å². The molecule has 0 bridgehead atoms. The van der Waals surface area contributed by atoms with Gasteiger partial charge in [0.15, 0.2) is 5.82 Å². The summed E-state index contributed by atoms with van der Waals surface area (Å²) in [6.07, 6.45) is 6.55. The quantitative estimate of drug-likeness (QED) is 0.863. The summed E-state index contributed by atoms with van der Waals surface area (Å²) in [6, 6.07) is 10.2. The molecule has 2 aliphatic rings. The molecule has 6 nitrogen and oxygen atoms in total. The van der Waals surface area contributed by atoms with Crippen LogP contribution >= 0.6 is 0 Å². The van der Waals surface area contributed by atoms with Crippen LogP contribution in [0.1, 0.15) is 62.3 Å². The standard InChI is InChI=1S/C20H26N4O2/c1-13(20-23-18(24-26-20)11-14-7-3-2-4-8-14)21-19(25)17-12-15-9-5-6-10-16(15)22-17/h2-4,7-8,13,15-17,22H,5-6,9-12H2,1H3,(H,21,25). The number of nitrogens with one attached hydrogen (secondary N) is 2. The third-order valence-corrected chi connectivity index (χ3v) is 5.60. The van der Waals surface area contributed by atoms with Crippen molar-refractivity contribution < 1.29 is 9.32 Å². The summed E-state index contributed by atoms with van der Waals surface area (Å²) in [6.45, 7) is 1.89. The maximum Gasteiger partial charge on any atom is 0.248 e. The molecule has 1 saturated carbocycles. The summed E-state index contributed by atoms with van der Waals surface area (Å²) < 4.78 is 5.36. The number of carbonyl (C=O) groups excluding carboxylic acids is 1. The Bertz CT molecular complexity index is 731. The number of benzene rings is 1. The lowest BCUT2D eigenvalue weighted by Crippen LogP contribution is -2.43. The Kier molecular flexibility index (Phi) is 5.02. The molecule has 2 N–H and O–H groups in total. The molecule has 2 aromatic rings. The van der Waals surface area contributed by atoms with Crippen LogP contribution in [0.5, 0.6) is 0 Å². The highest BCUT2D eigenvalue weighted by molar-refractivity contribution is 5.82. The molecule has 0 spiro atoms.